The zero-order valence-electron chi connectivity index (χ0n) is 14.0. The highest BCUT2D eigenvalue weighted by Crippen LogP contribution is 2.49. The number of rotatable bonds is 11. The van der Waals surface area contributed by atoms with E-state index >= 15 is 0 Å². The molecule has 0 aliphatic heterocycles. The summed E-state index contributed by atoms with van der Waals surface area (Å²) in [4.78, 5) is 0. The third-order valence-corrected chi connectivity index (χ3v) is 4.85. The molecule has 2 rings (SSSR count). The first-order chi connectivity index (χ1) is 10.2. The van der Waals surface area contributed by atoms with Gasteiger partial charge in [-0.3, -0.25) is 0 Å². The molecule has 1 saturated carbocycles. The maximum Gasteiger partial charge on any atom is 0.0950 e. The smallest absolute Gasteiger partial charge is 0.0950 e. The largest absolute Gasteiger partial charge is 0.472 e. The summed E-state index contributed by atoms with van der Waals surface area (Å²) in [5.41, 5.74) is 1.83. The Kier molecular flexibility index (Phi) is 6.31. The van der Waals surface area contributed by atoms with E-state index in [1.807, 2.05) is 6.26 Å². The molecule has 2 atom stereocenters. The SMILES string of the molecule is CCCNC(CCC(NCCC)C1(C)CC1)c1ccoc1. The van der Waals surface area contributed by atoms with Crippen molar-refractivity contribution >= 4 is 0 Å². The summed E-state index contributed by atoms with van der Waals surface area (Å²) in [7, 11) is 0. The van der Waals surface area contributed by atoms with Crippen LogP contribution in [0.25, 0.3) is 0 Å². The van der Waals surface area contributed by atoms with Gasteiger partial charge in [0.1, 0.15) is 0 Å². The minimum atomic E-state index is 0.428. The van der Waals surface area contributed by atoms with Gasteiger partial charge in [0.25, 0.3) is 0 Å². The summed E-state index contributed by atoms with van der Waals surface area (Å²) in [5.74, 6) is 0. The molecular weight excluding hydrogens is 260 g/mol. The molecule has 21 heavy (non-hydrogen) atoms. The average Bonchev–Trinajstić information content (AvgIpc) is 3.02. The molecule has 0 bridgehead atoms. The number of furan rings is 1. The lowest BCUT2D eigenvalue weighted by molar-refractivity contribution is 0.313. The van der Waals surface area contributed by atoms with Gasteiger partial charge in [0.2, 0.25) is 0 Å². The van der Waals surface area contributed by atoms with Gasteiger partial charge in [-0.1, -0.05) is 20.8 Å². The summed E-state index contributed by atoms with van der Waals surface area (Å²) in [6, 6.07) is 3.19. The van der Waals surface area contributed by atoms with Crippen molar-refractivity contribution in [2.24, 2.45) is 5.41 Å². The van der Waals surface area contributed by atoms with Crippen molar-refractivity contribution in [3.05, 3.63) is 24.2 Å². The van der Waals surface area contributed by atoms with Crippen LogP contribution in [-0.4, -0.2) is 19.1 Å². The van der Waals surface area contributed by atoms with Crippen LogP contribution in [0.15, 0.2) is 23.0 Å². The van der Waals surface area contributed by atoms with Crippen molar-refractivity contribution in [3.8, 4) is 0 Å². The minimum Gasteiger partial charge on any atom is -0.472 e. The first-order valence-electron chi connectivity index (χ1n) is 8.68. The van der Waals surface area contributed by atoms with Crippen molar-refractivity contribution in [2.75, 3.05) is 13.1 Å². The van der Waals surface area contributed by atoms with Crippen molar-refractivity contribution < 1.29 is 4.42 Å². The van der Waals surface area contributed by atoms with Gasteiger partial charge in [-0.15, -0.1) is 0 Å². The molecule has 1 fully saturated rings. The van der Waals surface area contributed by atoms with Crippen LogP contribution in [0.4, 0.5) is 0 Å². The summed E-state index contributed by atoms with van der Waals surface area (Å²) >= 11 is 0. The number of hydrogen-bond acceptors (Lipinski definition) is 3. The average molecular weight is 292 g/mol. The third-order valence-electron chi connectivity index (χ3n) is 4.85. The van der Waals surface area contributed by atoms with E-state index in [4.69, 9.17) is 4.42 Å². The predicted molar refractivity (Wildman–Crippen MR) is 88.4 cm³/mol. The standard InChI is InChI=1S/C18H32N2O/c1-4-11-19-16(15-8-13-21-14-15)6-7-17(20-12-5-2)18(3)9-10-18/h8,13-14,16-17,19-20H,4-7,9-12H2,1-3H3. The molecule has 1 aromatic heterocycles. The van der Waals surface area contributed by atoms with Gasteiger partial charge in [-0.25, -0.2) is 0 Å². The lowest BCUT2D eigenvalue weighted by atomic mass is 9.91. The molecule has 120 valence electrons. The highest BCUT2D eigenvalue weighted by atomic mass is 16.3. The van der Waals surface area contributed by atoms with E-state index in [0.29, 0.717) is 17.5 Å². The first-order valence-corrected chi connectivity index (χ1v) is 8.68. The second kappa shape index (κ2) is 8.00. The van der Waals surface area contributed by atoms with Gasteiger partial charge in [0, 0.05) is 17.6 Å². The summed E-state index contributed by atoms with van der Waals surface area (Å²) in [6.07, 6.45) is 11.2. The van der Waals surface area contributed by atoms with Crippen molar-refractivity contribution in [2.45, 2.75) is 71.4 Å². The van der Waals surface area contributed by atoms with Gasteiger partial charge in [-0.2, -0.15) is 0 Å². The second-order valence-electron chi connectivity index (χ2n) is 6.80. The van der Waals surface area contributed by atoms with E-state index in [2.05, 4.69) is 37.5 Å². The van der Waals surface area contributed by atoms with Crippen molar-refractivity contribution in [1.82, 2.24) is 10.6 Å². The topological polar surface area (TPSA) is 37.2 Å². The van der Waals surface area contributed by atoms with Crippen LogP contribution in [0.5, 0.6) is 0 Å². The molecule has 2 unspecified atom stereocenters. The molecule has 0 spiro atoms. The lowest BCUT2D eigenvalue weighted by Gasteiger charge is -2.27. The Hall–Kier alpha value is -0.800. The molecule has 1 aromatic rings. The Balaban J connectivity index is 1.89. The third kappa shape index (κ3) is 4.86. The lowest BCUT2D eigenvalue weighted by Crippen LogP contribution is -2.37. The van der Waals surface area contributed by atoms with Gasteiger partial charge in [0.15, 0.2) is 0 Å². The molecule has 0 amide bonds. The number of hydrogen-bond donors (Lipinski definition) is 2. The number of nitrogens with one attached hydrogen (secondary N) is 2. The van der Waals surface area contributed by atoms with Crippen LogP contribution in [0.3, 0.4) is 0 Å². The minimum absolute atomic E-state index is 0.428. The summed E-state index contributed by atoms with van der Waals surface area (Å²) in [6.45, 7) is 9.11. The maximum atomic E-state index is 5.27. The monoisotopic (exact) mass is 292 g/mol. The van der Waals surface area contributed by atoms with E-state index in [0.717, 1.165) is 13.1 Å². The first kappa shape index (κ1) is 16.6. The Bertz CT molecular complexity index is 384. The molecule has 0 saturated heterocycles. The Morgan fingerprint density at radius 1 is 1.14 bits per heavy atom. The fraction of sp³-hybridized carbons (Fsp3) is 0.778. The molecule has 1 heterocycles. The quantitative estimate of drug-likeness (QED) is 0.639. The van der Waals surface area contributed by atoms with Crippen LogP contribution < -0.4 is 10.6 Å². The van der Waals surface area contributed by atoms with Crippen molar-refractivity contribution in [3.63, 3.8) is 0 Å². The second-order valence-corrected chi connectivity index (χ2v) is 6.80. The van der Waals surface area contributed by atoms with Crippen LogP contribution in [0.1, 0.15) is 70.9 Å². The van der Waals surface area contributed by atoms with Crippen LogP contribution >= 0.6 is 0 Å². The molecule has 1 aliphatic rings. The van der Waals surface area contributed by atoms with E-state index in [1.165, 1.54) is 44.1 Å². The molecule has 2 N–H and O–H groups in total. The highest BCUT2D eigenvalue weighted by Gasteiger charge is 2.44. The normalized spacial score (nSPS) is 19.4. The zero-order valence-corrected chi connectivity index (χ0v) is 14.0. The molecule has 0 aromatic carbocycles. The van der Waals surface area contributed by atoms with Gasteiger partial charge < -0.3 is 15.1 Å². The summed E-state index contributed by atoms with van der Waals surface area (Å²) < 4.78 is 5.27. The van der Waals surface area contributed by atoms with E-state index in [1.54, 1.807) is 6.26 Å². The van der Waals surface area contributed by atoms with Gasteiger partial charge >= 0.3 is 0 Å². The molecule has 0 radical (unpaired) electrons. The Morgan fingerprint density at radius 2 is 1.86 bits per heavy atom. The zero-order chi connectivity index (χ0) is 15.1. The van der Waals surface area contributed by atoms with E-state index in [-0.39, 0.29) is 0 Å². The van der Waals surface area contributed by atoms with E-state index in [9.17, 15) is 0 Å². The van der Waals surface area contributed by atoms with Crippen molar-refractivity contribution in [1.29, 1.82) is 0 Å². The molecule has 1 aliphatic carbocycles. The van der Waals surface area contributed by atoms with Crippen LogP contribution in [-0.2, 0) is 0 Å². The highest BCUT2D eigenvalue weighted by molar-refractivity contribution is 5.12. The Labute approximate surface area is 129 Å². The molecule has 3 heteroatoms. The van der Waals surface area contributed by atoms with E-state index < -0.39 is 0 Å². The predicted octanol–water partition coefficient (Wildman–Crippen LogP) is 4.27. The van der Waals surface area contributed by atoms with Gasteiger partial charge in [0.05, 0.1) is 12.5 Å². The summed E-state index contributed by atoms with van der Waals surface area (Å²) in [5, 5.41) is 7.44. The maximum absolute atomic E-state index is 5.27. The fourth-order valence-corrected chi connectivity index (χ4v) is 3.07. The molecular formula is C18H32N2O. The molecule has 3 nitrogen and oxygen atoms in total. The van der Waals surface area contributed by atoms with Crippen LogP contribution in [0.2, 0.25) is 0 Å². The fourth-order valence-electron chi connectivity index (χ4n) is 3.07. The van der Waals surface area contributed by atoms with Gasteiger partial charge in [-0.05, 0) is 63.1 Å². The van der Waals surface area contributed by atoms with Crippen LogP contribution in [0, 0.1) is 5.41 Å². The Morgan fingerprint density at radius 3 is 2.43 bits per heavy atom.